The number of Topliss-reactive ketones (excluding diaryl/α,β-unsaturated/α-hetero) is 1. The third-order valence-electron chi connectivity index (χ3n) is 5.48. The topological polar surface area (TPSA) is 79.7 Å². The number of benzene rings is 2. The molecule has 0 bridgehead atoms. The molecule has 1 aromatic heterocycles. The molecular weight excluding hydrogens is 416 g/mol. The van der Waals surface area contributed by atoms with Crippen molar-refractivity contribution in [2.45, 2.75) is 19.5 Å². The highest BCUT2D eigenvalue weighted by Crippen LogP contribution is 2.41. The van der Waals surface area contributed by atoms with Crippen LogP contribution >= 0.6 is 0 Å². The van der Waals surface area contributed by atoms with Crippen LogP contribution in [0.3, 0.4) is 0 Å². The van der Waals surface area contributed by atoms with E-state index in [4.69, 9.17) is 4.74 Å². The van der Waals surface area contributed by atoms with Crippen molar-refractivity contribution < 1.29 is 19.4 Å². The molecule has 2 aromatic carbocycles. The summed E-state index contributed by atoms with van der Waals surface area (Å²) in [6.07, 6.45) is 4.94. The van der Waals surface area contributed by atoms with E-state index < -0.39 is 17.7 Å². The number of hydrogen-bond donors (Lipinski definition) is 1. The fourth-order valence-corrected chi connectivity index (χ4v) is 3.87. The van der Waals surface area contributed by atoms with E-state index in [-0.39, 0.29) is 17.9 Å². The van der Waals surface area contributed by atoms with E-state index in [0.29, 0.717) is 23.5 Å². The van der Waals surface area contributed by atoms with Crippen molar-refractivity contribution in [1.82, 2.24) is 9.88 Å². The van der Waals surface area contributed by atoms with Gasteiger partial charge in [0, 0.05) is 24.5 Å². The standard InChI is InChI=1S/C27H24N2O4/c1-3-14-33-22-8-4-7-21(15-22)24-23(25(30)20-11-9-18(2)10-12-20)26(31)27(32)29(24)17-19-6-5-13-28-16-19/h3-13,15-16,24,30H,1,14,17H2,2H3/b25-23+/t24-/m0/s1. The molecule has 4 rings (SSSR count). The number of aliphatic hydroxyl groups excluding tert-OH is 1. The highest BCUT2D eigenvalue weighted by atomic mass is 16.5. The summed E-state index contributed by atoms with van der Waals surface area (Å²) in [4.78, 5) is 31.9. The first-order valence-electron chi connectivity index (χ1n) is 10.6. The summed E-state index contributed by atoms with van der Waals surface area (Å²) in [5.41, 5.74) is 2.98. The summed E-state index contributed by atoms with van der Waals surface area (Å²) in [6.45, 7) is 6.09. The highest BCUT2D eigenvalue weighted by Gasteiger charge is 2.46. The van der Waals surface area contributed by atoms with Crippen LogP contribution in [-0.2, 0) is 16.1 Å². The zero-order chi connectivity index (χ0) is 23.4. The van der Waals surface area contributed by atoms with Crippen molar-refractivity contribution in [2.75, 3.05) is 6.61 Å². The Balaban J connectivity index is 1.84. The Kier molecular flexibility index (Phi) is 6.36. The molecule has 0 radical (unpaired) electrons. The fourth-order valence-electron chi connectivity index (χ4n) is 3.87. The largest absolute Gasteiger partial charge is 0.507 e. The molecule has 6 nitrogen and oxygen atoms in total. The number of ketones is 1. The highest BCUT2D eigenvalue weighted by molar-refractivity contribution is 6.46. The van der Waals surface area contributed by atoms with Crippen LogP contribution in [-0.4, -0.2) is 33.3 Å². The van der Waals surface area contributed by atoms with Crippen molar-refractivity contribution >= 4 is 17.4 Å². The smallest absolute Gasteiger partial charge is 0.295 e. The quantitative estimate of drug-likeness (QED) is 0.252. The van der Waals surface area contributed by atoms with Crippen LogP contribution in [0.25, 0.3) is 5.76 Å². The molecule has 1 fully saturated rings. The number of aromatic nitrogens is 1. The van der Waals surface area contributed by atoms with Crippen molar-refractivity contribution in [2.24, 2.45) is 0 Å². The van der Waals surface area contributed by atoms with Gasteiger partial charge in [0.25, 0.3) is 11.7 Å². The number of carbonyl (C=O) groups excluding carboxylic acids is 2. The average Bonchev–Trinajstić information content (AvgIpc) is 3.08. The van der Waals surface area contributed by atoms with E-state index in [9.17, 15) is 14.7 Å². The van der Waals surface area contributed by atoms with Crippen LogP contribution in [0.1, 0.15) is 28.3 Å². The third kappa shape index (κ3) is 4.55. The van der Waals surface area contributed by atoms with Gasteiger partial charge in [0.1, 0.15) is 18.1 Å². The first-order chi connectivity index (χ1) is 16.0. The predicted octanol–water partition coefficient (Wildman–Crippen LogP) is 4.58. The molecule has 33 heavy (non-hydrogen) atoms. The molecular formula is C27H24N2O4. The van der Waals surface area contributed by atoms with Crippen LogP contribution in [0.5, 0.6) is 5.75 Å². The Morgan fingerprint density at radius 2 is 1.94 bits per heavy atom. The third-order valence-corrected chi connectivity index (χ3v) is 5.48. The van der Waals surface area contributed by atoms with Crippen LogP contribution in [0.2, 0.25) is 0 Å². The predicted molar refractivity (Wildman–Crippen MR) is 125 cm³/mol. The molecule has 166 valence electrons. The number of aryl methyl sites for hydroxylation is 1. The summed E-state index contributed by atoms with van der Waals surface area (Å²) in [5, 5.41) is 11.1. The minimum atomic E-state index is -0.779. The van der Waals surface area contributed by atoms with Gasteiger partial charge in [-0.15, -0.1) is 0 Å². The summed E-state index contributed by atoms with van der Waals surface area (Å²) in [5.74, 6) is -1.02. The Hall–Kier alpha value is -4.19. The van der Waals surface area contributed by atoms with Crippen molar-refractivity contribution in [1.29, 1.82) is 0 Å². The van der Waals surface area contributed by atoms with Gasteiger partial charge in [0.2, 0.25) is 0 Å². The van der Waals surface area contributed by atoms with Crippen LogP contribution in [0.15, 0.2) is 91.3 Å². The Bertz CT molecular complexity index is 1220. The normalized spacial score (nSPS) is 17.2. The van der Waals surface area contributed by atoms with Gasteiger partial charge >= 0.3 is 0 Å². The second kappa shape index (κ2) is 9.53. The first kappa shape index (κ1) is 22.0. The summed E-state index contributed by atoms with van der Waals surface area (Å²) in [6, 6.07) is 17.2. The van der Waals surface area contributed by atoms with Gasteiger partial charge in [-0.25, -0.2) is 0 Å². The van der Waals surface area contributed by atoms with Crippen molar-refractivity contribution in [3.05, 3.63) is 114 Å². The van der Waals surface area contributed by atoms with Gasteiger partial charge < -0.3 is 14.7 Å². The summed E-state index contributed by atoms with van der Waals surface area (Å²) < 4.78 is 5.66. The molecule has 1 aliphatic heterocycles. The Morgan fingerprint density at radius 1 is 1.15 bits per heavy atom. The van der Waals surface area contributed by atoms with Crippen LogP contribution < -0.4 is 4.74 Å². The van der Waals surface area contributed by atoms with Crippen molar-refractivity contribution in [3.63, 3.8) is 0 Å². The Morgan fingerprint density at radius 3 is 2.64 bits per heavy atom. The van der Waals surface area contributed by atoms with Gasteiger partial charge in [-0.05, 0) is 36.2 Å². The van der Waals surface area contributed by atoms with E-state index in [1.165, 1.54) is 4.90 Å². The lowest BCUT2D eigenvalue weighted by Crippen LogP contribution is -2.29. The number of rotatable bonds is 7. The average molecular weight is 440 g/mol. The van der Waals surface area contributed by atoms with E-state index in [2.05, 4.69) is 11.6 Å². The lowest BCUT2D eigenvalue weighted by atomic mass is 9.94. The monoisotopic (exact) mass is 440 g/mol. The van der Waals surface area contributed by atoms with E-state index >= 15 is 0 Å². The zero-order valence-electron chi connectivity index (χ0n) is 18.3. The molecule has 0 saturated carbocycles. The number of pyridine rings is 1. The van der Waals surface area contributed by atoms with E-state index in [1.807, 2.05) is 31.2 Å². The fraction of sp³-hybridized carbons (Fsp3) is 0.148. The molecule has 3 aromatic rings. The molecule has 0 spiro atoms. The zero-order valence-corrected chi connectivity index (χ0v) is 18.3. The molecule has 1 amide bonds. The van der Waals surface area contributed by atoms with Gasteiger partial charge in [-0.3, -0.25) is 14.6 Å². The van der Waals surface area contributed by atoms with Gasteiger partial charge in [0.15, 0.2) is 0 Å². The first-order valence-corrected chi connectivity index (χ1v) is 10.6. The lowest BCUT2D eigenvalue weighted by molar-refractivity contribution is -0.140. The number of ether oxygens (including phenoxy) is 1. The number of likely N-dealkylation sites (tertiary alicyclic amines) is 1. The summed E-state index contributed by atoms with van der Waals surface area (Å²) in [7, 11) is 0. The second-order valence-corrected chi connectivity index (χ2v) is 7.83. The van der Waals surface area contributed by atoms with E-state index in [1.54, 1.807) is 54.9 Å². The molecule has 6 heteroatoms. The SMILES string of the molecule is C=CCOc1cccc([C@H]2/C(=C(\O)c3ccc(C)cc3)C(=O)C(=O)N2Cc2cccnc2)c1. The lowest BCUT2D eigenvalue weighted by Gasteiger charge is -2.25. The maximum Gasteiger partial charge on any atom is 0.295 e. The molecule has 2 heterocycles. The van der Waals surface area contributed by atoms with Crippen LogP contribution in [0.4, 0.5) is 0 Å². The number of carbonyl (C=O) groups is 2. The minimum absolute atomic E-state index is 0.0496. The molecule has 1 saturated heterocycles. The van der Waals surface area contributed by atoms with E-state index in [0.717, 1.165) is 11.1 Å². The number of amides is 1. The summed E-state index contributed by atoms with van der Waals surface area (Å²) >= 11 is 0. The number of aliphatic hydroxyl groups is 1. The molecule has 1 atom stereocenters. The Labute approximate surface area is 192 Å². The maximum atomic E-state index is 13.2. The second-order valence-electron chi connectivity index (χ2n) is 7.83. The molecule has 1 N–H and O–H groups in total. The van der Waals surface area contributed by atoms with Crippen molar-refractivity contribution in [3.8, 4) is 5.75 Å². The van der Waals surface area contributed by atoms with Gasteiger partial charge in [-0.2, -0.15) is 0 Å². The molecule has 1 aliphatic rings. The molecule has 0 aliphatic carbocycles. The maximum absolute atomic E-state index is 13.2. The number of nitrogens with zero attached hydrogens (tertiary/aromatic N) is 2. The van der Waals surface area contributed by atoms with Gasteiger partial charge in [-0.1, -0.05) is 60.7 Å². The molecule has 0 unspecified atom stereocenters. The van der Waals surface area contributed by atoms with Gasteiger partial charge in [0.05, 0.1) is 11.6 Å². The minimum Gasteiger partial charge on any atom is -0.507 e. The number of hydrogen-bond acceptors (Lipinski definition) is 5. The van der Waals surface area contributed by atoms with Crippen LogP contribution in [0, 0.1) is 6.92 Å².